The Kier molecular flexibility index (Phi) is 4.71. The second-order valence-corrected chi connectivity index (χ2v) is 4.37. The van der Waals surface area contributed by atoms with E-state index in [1.807, 2.05) is 12.1 Å². The van der Waals surface area contributed by atoms with Gasteiger partial charge in [-0.2, -0.15) is 0 Å². The molecule has 0 saturated heterocycles. The summed E-state index contributed by atoms with van der Waals surface area (Å²) in [6.45, 7) is 2.02. The summed E-state index contributed by atoms with van der Waals surface area (Å²) >= 11 is 0. The van der Waals surface area contributed by atoms with Crippen molar-refractivity contribution >= 4 is 5.78 Å². The zero-order chi connectivity index (χ0) is 14.4. The van der Waals surface area contributed by atoms with E-state index in [4.69, 9.17) is 9.47 Å². The van der Waals surface area contributed by atoms with Crippen molar-refractivity contribution in [2.45, 2.75) is 13.3 Å². The Morgan fingerprint density at radius 2 is 1.95 bits per heavy atom. The molecular weight excluding hydrogens is 254 g/mol. The number of nitrogens with zero attached hydrogens (tertiary/aromatic N) is 1. The molecule has 0 N–H and O–H groups in total. The molecule has 0 aliphatic carbocycles. The Hall–Kier alpha value is -2.36. The first-order valence-electron chi connectivity index (χ1n) is 6.41. The lowest BCUT2D eigenvalue weighted by atomic mass is 10.1. The first kappa shape index (κ1) is 14.1. The summed E-state index contributed by atoms with van der Waals surface area (Å²) in [4.78, 5) is 15.5. The van der Waals surface area contributed by atoms with Crippen molar-refractivity contribution < 1.29 is 14.3 Å². The molecule has 2 rings (SSSR count). The molecule has 0 bridgehead atoms. The van der Waals surface area contributed by atoms with Crippen LogP contribution in [-0.2, 0) is 6.42 Å². The Morgan fingerprint density at radius 3 is 2.60 bits per heavy atom. The van der Waals surface area contributed by atoms with Gasteiger partial charge in [-0.25, -0.2) is 0 Å². The van der Waals surface area contributed by atoms with Crippen LogP contribution < -0.4 is 9.47 Å². The van der Waals surface area contributed by atoms with Gasteiger partial charge in [0.2, 0.25) is 0 Å². The average Bonchev–Trinajstić information content (AvgIpc) is 2.48. The number of benzene rings is 1. The van der Waals surface area contributed by atoms with Gasteiger partial charge in [0.05, 0.1) is 19.3 Å². The minimum Gasteiger partial charge on any atom is -0.497 e. The first-order valence-corrected chi connectivity index (χ1v) is 6.41. The fraction of sp³-hybridized carbons (Fsp3) is 0.250. The summed E-state index contributed by atoms with van der Waals surface area (Å²) in [5.41, 5.74) is 1.72. The van der Waals surface area contributed by atoms with Crippen LogP contribution in [0.1, 0.15) is 22.8 Å². The molecular formula is C16H17NO3. The molecule has 0 aliphatic rings. The molecule has 1 aromatic heterocycles. The third kappa shape index (κ3) is 3.57. The van der Waals surface area contributed by atoms with Crippen LogP contribution in [0, 0.1) is 0 Å². The van der Waals surface area contributed by atoms with Crippen LogP contribution in [0.2, 0.25) is 0 Å². The molecule has 0 saturated carbocycles. The number of carbonyl (C=O) groups is 1. The second-order valence-electron chi connectivity index (χ2n) is 4.37. The topological polar surface area (TPSA) is 48.4 Å². The Morgan fingerprint density at radius 1 is 1.20 bits per heavy atom. The van der Waals surface area contributed by atoms with Gasteiger partial charge in [-0.05, 0) is 36.8 Å². The average molecular weight is 271 g/mol. The molecule has 4 heteroatoms. The van der Waals surface area contributed by atoms with Crippen LogP contribution in [0.25, 0.3) is 0 Å². The molecule has 0 unspecified atom stereocenters. The zero-order valence-corrected chi connectivity index (χ0v) is 11.6. The van der Waals surface area contributed by atoms with Crippen molar-refractivity contribution in [3.8, 4) is 11.5 Å². The van der Waals surface area contributed by atoms with Gasteiger partial charge >= 0.3 is 0 Å². The van der Waals surface area contributed by atoms with E-state index in [0.29, 0.717) is 23.7 Å². The summed E-state index contributed by atoms with van der Waals surface area (Å²) in [6, 6.07) is 9.11. The molecule has 0 aliphatic heterocycles. The fourth-order valence-electron chi connectivity index (χ4n) is 1.87. The van der Waals surface area contributed by atoms with Crippen molar-refractivity contribution in [3.63, 3.8) is 0 Å². The molecule has 0 radical (unpaired) electrons. The maximum atomic E-state index is 11.6. The summed E-state index contributed by atoms with van der Waals surface area (Å²) in [6.07, 6.45) is 4.26. The highest BCUT2D eigenvalue weighted by molar-refractivity contribution is 5.97. The molecule has 20 heavy (non-hydrogen) atoms. The first-order chi connectivity index (χ1) is 9.70. The normalized spacial score (nSPS) is 10.1. The van der Waals surface area contributed by atoms with E-state index in [-0.39, 0.29) is 5.78 Å². The van der Waals surface area contributed by atoms with Gasteiger partial charge in [0.25, 0.3) is 0 Å². The number of rotatable bonds is 6. The number of hydrogen-bond acceptors (Lipinski definition) is 4. The number of ketones is 1. The predicted octanol–water partition coefficient (Wildman–Crippen LogP) is 2.91. The molecule has 1 aromatic carbocycles. The van der Waals surface area contributed by atoms with Gasteiger partial charge in [-0.15, -0.1) is 0 Å². The van der Waals surface area contributed by atoms with Crippen molar-refractivity contribution in [3.05, 3.63) is 53.9 Å². The third-order valence-electron chi connectivity index (χ3n) is 2.97. The number of pyridine rings is 1. The number of carbonyl (C=O) groups excluding carboxylic acids is 1. The van der Waals surface area contributed by atoms with Gasteiger partial charge in [-0.1, -0.05) is 0 Å². The molecule has 104 valence electrons. The molecule has 1 heterocycles. The quantitative estimate of drug-likeness (QED) is 0.758. The van der Waals surface area contributed by atoms with Crippen LogP contribution in [-0.4, -0.2) is 24.5 Å². The smallest absolute Gasteiger partial charge is 0.163 e. The standard InChI is InChI=1S/C16H17NO3/c1-12(18)15-4-3-14(19-2)11-16(15)20-10-7-13-5-8-17-9-6-13/h3-6,8-9,11H,7,10H2,1-2H3. The summed E-state index contributed by atoms with van der Waals surface area (Å²) in [7, 11) is 1.59. The highest BCUT2D eigenvalue weighted by Gasteiger charge is 2.10. The van der Waals surface area contributed by atoms with Crippen LogP contribution in [0.15, 0.2) is 42.7 Å². The summed E-state index contributed by atoms with van der Waals surface area (Å²) < 4.78 is 10.9. The molecule has 0 amide bonds. The highest BCUT2D eigenvalue weighted by Crippen LogP contribution is 2.25. The number of Topliss-reactive ketones (excluding diaryl/α,β-unsaturated/α-hetero) is 1. The van der Waals surface area contributed by atoms with E-state index in [9.17, 15) is 4.79 Å². The zero-order valence-electron chi connectivity index (χ0n) is 11.6. The monoisotopic (exact) mass is 271 g/mol. The van der Waals surface area contributed by atoms with Crippen LogP contribution >= 0.6 is 0 Å². The van der Waals surface area contributed by atoms with E-state index in [1.54, 1.807) is 37.7 Å². The number of ether oxygens (including phenoxy) is 2. The third-order valence-corrected chi connectivity index (χ3v) is 2.97. The van der Waals surface area contributed by atoms with Crippen molar-refractivity contribution in [1.29, 1.82) is 0 Å². The SMILES string of the molecule is COc1ccc(C(C)=O)c(OCCc2ccncc2)c1. The van der Waals surface area contributed by atoms with Gasteiger partial charge < -0.3 is 9.47 Å². The second kappa shape index (κ2) is 6.70. The van der Waals surface area contributed by atoms with Crippen LogP contribution in [0.5, 0.6) is 11.5 Å². The summed E-state index contributed by atoms with van der Waals surface area (Å²) in [5.74, 6) is 1.21. The molecule has 0 fully saturated rings. The summed E-state index contributed by atoms with van der Waals surface area (Å²) in [5, 5.41) is 0. The van der Waals surface area contributed by atoms with E-state index in [0.717, 1.165) is 12.0 Å². The van der Waals surface area contributed by atoms with Crippen molar-refractivity contribution in [1.82, 2.24) is 4.98 Å². The lowest BCUT2D eigenvalue weighted by Gasteiger charge is -2.11. The Bertz CT molecular complexity index is 582. The molecule has 4 nitrogen and oxygen atoms in total. The lowest BCUT2D eigenvalue weighted by Crippen LogP contribution is -2.05. The highest BCUT2D eigenvalue weighted by atomic mass is 16.5. The van der Waals surface area contributed by atoms with Crippen LogP contribution in [0.4, 0.5) is 0 Å². The maximum absolute atomic E-state index is 11.6. The van der Waals surface area contributed by atoms with Gasteiger partial charge in [0, 0.05) is 24.9 Å². The lowest BCUT2D eigenvalue weighted by molar-refractivity contribution is 0.101. The van der Waals surface area contributed by atoms with E-state index >= 15 is 0 Å². The molecule has 0 spiro atoms. The van der Waals surface area contributed by atoms with Crippen molar-refractivity contribution in [2.75, 3.05) is 13.7 Å². The maximum Gasteiger partial charge on any atom is 0.163 e. The van der Waals surface area contributed by atoms with Gasteiger partial charge in [-0.3, -0.25) is 9.78 Å². The predicted molar refractivity (Wildman–Crippen MR) is 76.4 cm³/mol. The molecule has 2 aromatic rings. The van der Waals surface area contributed by atoms with Crippen molar-refractivity contribution in [2.24, 2.45) is 0 Å². The minimum absolute atomic E-state index is 0.0217. The van der Waals surface area contributed by atoms with E-state index in [2.05, 4.69) is 4.98 Å². The Labute approximate surface area is 118 Å². The number of aromatic nitrogens is 1. The largest absolute Gasteiger partial charge is 0.497 e. The number of hydrogen-bond donors (Lipinski definition) is 0. The van der Waals surface area contributed by atoms with Gasteiger partial charge in [0.1, 0.15) is 11.5 Å². The fourth-order valence-corrected chi connectivity index (χ4v) is 1.87. The molecule has 0 atom stereocenters. The minimum atomic E-state index is -0.0217. The van der Waals surface area contributed by atoms with E-state index in [1.165, 1.54) is 6.92 Å². The Balaban J connectivity index is 2.06. The van der Waals surface area contributed by atoms with E-state index < -0.39 is 0 Å². The number of methoxy groups -OCH3 is 1. The van der Waals surface area contributed by atoms with Gasteiger partial charge in [0.15, 0.2) is 5.78 Å². The van der Waals surface area contributed by atoms with Crippen LogP contribution in [0.3, 0.4) is 0 Å².